The highest BCUT2D eigenvalue weighted by Gasteiger charge is 2.05. The Labute approximate surface area is 125 Å². The van der Waals surface area contributed by atoms with Gasteiger partial charge in [0.25, 0.3) is 5.91 Å². The van der Waals surface area contributed by atoms with E-state index in [1.807, 2.05) is 54.6 Å². The first-order valence-electron chi connectivity index (χ1n) is 6.98. The lowest BCUT2D eigenvalue weighted by molar-refractivity contribution is -0.112. The third-order valence-corrected chi connectivity index (χ3v) is 3.09. The van der Waals surface area contributed by atoms with Crippen LogP contribution in [0, 0.1) is 0 Å². The number of carbonyl (C=O) groups is 1. The molecule has 2 aromatic carbocycles. The molecule has 1 N–H and O–H groups in total. The number of aryl methyl sites for hydroxylation is 1. The number of para-hydroxylation sites is 1. The van der Waals surface area contributed by atoms with Gasteiger partial charge in [-0.05, 0) is 43.2 Å². The van der Waals surface area contributed by atoms with Crippen LogP contribution in [0.25, 0.3) is 0 Å². The fourth-order valence-corrected chi connectivity index (χ4v) is 1.76. The topological polar surface area (TPSA) is 38.3 Å². The summed E-state index contributed by atoms with van der Waals surface area (Å²) in [5.41, 5.74) is 2.53. The SMILES string of the molecule is CCc1ccc(OC=C(C)C(=O)Nc2ccccc2)cc1. The first kappa shape index (κ1) is 14.9. The van der Waals surface area contributed by atoms with Crippen LogP contribution in [-0.2, 0) is 11.2 Å². The molecule has 3 nitrogen and oxygen atoms in total. The van der Waals surface area contributed by atoms with Crippen molar-refractivity contribution in [3.8, 4) is 5.75 Å². The van der Waals surface area contributed by atoms with E-state index in [0.717, 1.165) is 17.9 Å². The Hall–Kier alpha value is -2.55. The average Bonchev–Trinajstić information content (AvgIpc) is 2.54. The van der Waals surface area contributed by atoms with Gasteiger partial charge in [0.15, 0.2) is 0 Å². The zero-order chi connectivity index (χ0) is 15.1. The normalized spacial score (nSPS) is 11.0. The molecule has 0 bridgehead atoms. The number of ether oxygens (including phenoxy) is 1. The lowest BCUT2D eigenvalue weighted by Crippen LogP contribution is -2.13. The third-order valence-electron chi connectivity index (χ3n) is 3.09. The second-order valence-electron chi connectivity index (χ2n) is 4.74. The molecule has 0 spiro atoms. The number of rotatable bonds is 5. The zero-order valence-electron chi connectivity index (χ0n) is 12.3. The van der Waals surface area contributed by atoms with E-state index in [-0.39, 0.29) is 5.91 Å². The second kappa shape index (κ2) is 7.29. The number of benzene rings is 2. The van der Waals surface area contributed by atoms with Crippen molar-refractivity contribution in [3.05, 3.63) is 72.0 Å². The van der Waals surface area contributed by atoms with Crippen molar-refractivity contribution in [1.82, 2.24) is 0 Å². The maximum Gasteiger partial charge on any atom is 0.254 e. The zero-order valence-corrected chi connectivity index (χ0v) is 12.3. The number of nitrogens with one attached hydrogen (secondary N) is 1. The molecule has 0 fully saturated rings. The van der Waals surface area contributed by atoms with Gasteiger partial charge >= 0.3 is 0 Å². The summed E-state index contributed by atoms with van der Waals surface area (Å²) in [5, 5.41) is 2.81. The van der Waals surface area contributed by atoms with Crippen molar-refractivity contribution in [3.63, 3.8) is 0 Å². The van der Waals surface area contributed by atoms with Crippen LogP contribution in [0.3, 0.4) is 0 Å². The Morgan fingerprint density at radius 3 is 2.38 bits per heavy atom. The minimum atomic E-state index is -0.175. The van der Waals surface area contributed by atoms with Crippen LogP contribution >= 0.6 is 0 Å². The van der Waals surface area contributed by atoms with E-state index in [1.54, 1.807) is 6.92 Å². The Kier molecular flexibility index (Phi) is 5.16. The number of carbonyl (C=O) groups excluding carboxylic acids is 1. The van der Waals surface area contributed by atoms with Gasteiger partial charge in [-0.25, -0.2) is 0 Å². The molecule has 0 atom stereocenters. The summed E-state index contributed by atoms with van der Waals surface area (Å²) in [6.45, 7) is 3.83. The Balaban J connectivity index is 1.95. The van der Waals surface area contributed by atoms with E-state index in [4.69, 9.17) is 4.74 Å². The van der Waals surface area contributed by atoms with Crippen LogP contribution in [0.5, 0.6) is 5.75 Å². The van der Waals surface area contributed by atoms with Gasteiger partial charge in [-0.1, -0.05) is 37.3 Å². The molecule has 21 heavy (non-hydrogen) atoms. The number of hydrogen-bond acceptors (Lipinski definition) is 2. The fourth-order valence-electron chi connectivity index (χ4n) is 1.76. The van der Waals surface area contributed by atoms with Crippen molar-refractivity contribution in [2.45, 2.75) is 20.3 Å². The third kappa shape index (κ3) is 4.49. The standard InChI is InChI=1S/C18H19NO2/c1-3-15-9-11-17(12-10-15)21-13-14(2)18(20)19-16-7-5-4-6-8-16/h4-13H,3H2,1-2H3,(H,19,20). The highest BCUT2D eigenvalue weighted by atomic mass is 16.5. The lowest BCUT2D eigenvalue weighted by Gasteiger charge is -2.06. The molecule has 108 valence electrons. The molecule has 2 aromatic rings. The average molecular weight is 281 g/mol. The smallest absolute Gasteiger partial charge is 0.254 e. The van der Waals surface area contributed by atoms with Gasteiger partial charge in [-0.15, -0.1) is 0 Å². The molecule has 0 aliphatic rings. The molecule has 0 unspecified atom stereocenters. The summed E-state index contributed by atoms with van der Waals surface area (Å²) in [7, 11) is 0. The first-order valence-corrected chi connectivity index (χ1v) is 6.98. The monoisotopic (exact) mass is 281 g/mol. The molecule has 3 heteroatoms. The molecule has 2 rings (SSSR count). The van der Waals surface area contributed by atoms with Crippen LogP contribution in [-0.4, -0.2) is 5.91 Å². The predicted molar refractivity (Wildman–Crippen MR) is 85.3 cm³/mol. The van der Waals surface area contributed by atoms with Crippen molar-refractivity contribution in [2.24, 2.45) is 0 Å². The molecule has 0 aliphatic carbocycles. The van der Waals surface area contributed by atoms with Crippen molar-refractivity contribution >= 4 is 11.6 Å². The highest BCUT2D eigenvalue weighted by Crippen LogP contribution is 2.14. The molecular formula is C18H19NO2. The summed E-state index contributed by atoms with van der Waals surface area (Å²) < 4.78 is 5.50. The molecule has 0 aromatic heterocycles. The molecule has 0 radical (unpaired) electrons. The summed E-state index contributed by atoms with van der Waals surface area (Å²) >= 11 is 0. The molecule has 0 aliphatic heterocycles. The summed E-state index contributed by atoms with van der Waals surface area (Å²) in [4.78, 5) is 12.0. The summed E-state index contributed by atoms with van der Waals surface area (Å²) in [6, 6.07) is 17.2. The summed E-state index contributed by atoms with van der Waals surface area (Å²) in [5.74, 6) is 0.547. The minimum absolute atomic E-state index is 0.175. The van der Waals surface area contributed by atoms with Crippen LogP contribution in [0.2, 0.25) is 0 Å². The van der Waals surface area contributed by atoms with Crippen molar-refractivity contribution in [2.75, 3.05) is 5.32 Å². The van der Waals surface area contributed by atoms with Gasteiger partial charge in [0.1, 0.15) is 5.75 Å². The molecule has 0 saturated carbocycles. The van der Waals surface area contributed by atoms with Crippen molar-refractivity contribution in [1.29, 1.82) is 0 Å². The van der Waals surface area contributed by atoms with Crippen LogP contribution in [0.4, 0.5) is 5.69 Å². The predicted octanol–water partition coefficient (Wildman–Crippen LogP) is 4.17. The molecule has 0 saturated heterocycles. The van der Waals surface area contributed by atoms with Crippen LogP contribution < -0.4 is 10.1 Å². The van der Waals surface area contributed by atoms with E-state index >= 15 is 0 Å². The molecule has 0 heterocycles. The fraction of sp³-hybridized carbons (Fsp3) is 0.167. The van der Waals surface area contributed by atoms with Gasteiger partial charge < -0.3 is 10.1 Å². The van der Waals surface area contributed by atoms with Crippen molar-refractivity contribution < 1.29 is 9.53 Å². The van der Waals surface area contributed by atoms with E-state index in [0.29, 0.717) is 5.57 Å². The summed E-state index contributed by atoms with van der Waals surface area (Å²) in [6.07, 6.45) is 2.47. The van der Waals surface area contributed by atoms with E-state index < -0.39 is 0 Å². The number of anilines is 1. The van der Waals surface area contributed by atoms with Gasteiger partial charge in [-0.3, -0.25) is 4.79 Å². The second-order valence-corrected chi connectivity index (χ2v) is 4.74. The number of amides is 1. The highest BCUT2D eigenvalue weighted by molar-refractivity contribution is 6.03. The van der Waals surface area contributed by atoms with Crippen LogP contribution in [0.15, 0.2) is 66.4 Å². The van der Waals surface area contributed by atoms with Crippen LogP contribution in [0.1, 0.15) is 19.4 Å². The van der Waals surface area contributed by atoms with E-state index in [1.165, 1.54) is 11.8 Å². The maximum absolute atomic E-state index is 12.0. The minimum Gasteiger partial charge on any atom is -0.465 e. The van der Waals surface area contributed by atoms with Gasteiger partial charge in [0, 0.05) is 11.3 Å². The van der Waals surface area contributed by atoms with E-state index in [9.17, 15) is 4.79 Å². The molecular weight excluding hydrogens is 262 g/mol. The number of hydrogen-bond donors (Lipinski definition) is 1. The lowest BCUT2D eigenvalue weighted by atomic mass is 10.2. The Morgan fingerprint density at radius 2 is 1.76 bits per heavy atom. The quantitative estimate of drug-likeness (QED) is 0.660. The maximum atomic E-state index is 12.0. The Bertz CT molecular complexity index is 615. The van der Waals surface area contributed by atoms with E-state index in [2.05, 4.69) is 12.2 Å². The van der Waals surface area contributed by atoms with Gasteiger partial charge in [0.05, 0.1) is 6.26 Å². The van der Waals surface area contributed by atoms with Gasteiger partial charge in [0.2, 0.25) is 0 Å². The van der Waals surface area contributed by atoms with Gasteiger partial charge in [-0.2, -0.15) is 0 Å². The first-order chi connectivity index (χ1) is 10.2. The Morgan fingerprint density at radius 1 is 1.10 bits per heavy atom. The largest absolute Gasteiger partial charge is 0.465 e. The molecule has 1 amide bonds.